The SMILES string of the molecule is CC(C)(C)[Si](C)(C)OCCCN1CC[C@]2(C[C@H]2c2ccc(C(F)(F)F)cc2)C1. The van der Waals surface area contributed by atoms with Gasteiger partial charge in [0.2, 0.25) is 0 Å². The van der Waals surface area contributed by atoms with E-state index in [9.17, 15) is 13.2 Å². The van der Waals surface area contributed by atoms with Crippen molar-refractivity contribution in [3.05, 3.63) is 35.4 Å². The lowest BCUT2D eigenvalue weighted by Crippen LogP contribution is -2.41. The van der Waals surface area contributed by atoms with Crippen LogP contribution in [-0.2, 0) is 10.6 Å². The Morgan fingerprint density at radius 3 is 2.36 bits per heavy atom. The van der Waals surface area contributed by atoms with E-state index in [0.29, 0.717) is 11.3 Å². The van der Waals surface area contributed by atoms with Crippen LogP contribution < -0.4 is 0 Å². The lowest BCUT2D eigenvalue weighted by Gasteiger charge is -2.36. The molecule has 1 spiro atoms. The molecule has 1 aliphatic heterocycles. The third kappa shape index (κ3) is 4.65. The minimum atomic E-state index is -4.25. The number of hydrogen-bond acceptors (Lipinski definition) is 2. The second-order valence-electron chi connectivity index (χ2n) is 10.2. The summed E-state index contributed by atoms with van der Waals surface area (Å²) in [6.07, 6.45) is -0.943. The van der Waals surface area contributed by atoms with Crippen LogP contribution in [0.5, 0.6) is 0 Å². The van der Waals surface area contributed by atoms with E-state index >= 15 is 0 Å². The van der Waals surface area contributed by atoms with E-state index in [4.69, 9.17) is 4.43 Å². The van der Waals surface area contributed by atoms with Crippen molar-refractivity contribution in [3.63, 3.8) is 0 Å². The van der Waals surface area contributed by atoms with Gasteiger partial charge in [-0.25, -0.2) is 0 Å². The summed E-state index contributed by atoms with van der Waals surface area (Å²) in [5, 5.41) is 0.244. The molecule has 2 aliphatic rings. The number of likely N-dealkylation sites (tertiary alicyclic amines) is 1. The van der Waals surface area contributed by atoms with Crippen molar-refractivity contribution < 1.29 is 17.6 Å². The van der Waals surface area contributed by atoms with E-state index in [-0.39, 0.29) is 5.04 Å². The summed E-state index contributed by atoms with van der Waals surface area (Å²) in [7, 11) is -1.67. The number of benzene rings is 1. The molecule has 158 valence electrons. The molecular formula is C22H34F3NOSi. The van der Waals surface area contributed by atoms with Crippen molar-refractivity contribution in [1.29, 1.82) is 0 Å². The van der Waals surface area contributed by atoms with Crippen molar-refractivity contribution in [2.45, 2.75) is 70.3 Å². The van der Waals surface area contributed by atoms with Gasteiger partial charge in [-0.15, -0.1) is 0 Å². The van der Waals surface area contributed by atoms with E-state index in [1.54, 1.807) is 12.1 Å². The van der Waals surface area contributed by atoms with E-state index in [0.717, 1.165) is 51.1 Å². The molecule has 1 aromatic carbocycles. The first-order valence-electron chi connectivity index (χ1n) is 10.4. The molecule has 1 heterocycles. The lowest BCUT2D eigenvalue weighted by atomic mass is 9.97. The van der Waals surface area contributed by atoms with Gasteiger partial charge >= 0.3 is 6.18 Å². The summed E-state index contributed by atoms with van der Waals surface area (Å²) >= 11 is 0. The molecule has 1 aromatic rings. The van der Waals surface area contributed by atoms with Crippen molar-refractivity contribution in [2.75, 3.05) is 26.2 Å². The maximum atomic E-state index is 12.8. The van der Waals surface area contributed by atoms with E-state index in [2.05, 4.69) is 38.8 Å². The summed E-state index contributed by atoms with van der Waals surface area (Å²) in [5.41, 5.74) is 0.803. The van der Waals surface area contributed by atoms with Gasteiger partial charge in [-0.05, 0) is 73.0 Å². The molecule has 1 saturated heterocycles. The molecule has 0 bridgehead atoms. The summed E-state index contributed by atoms with van der Waals surface area (Å²) < 4.78 is 44.5. The zero-order valence-electron chi connectivity index (χ0n) is 17.8. The van der Waals surface area contributed by atoms with E-state index in [1.807, 2.05) is 0 Å². The van der Waals surface area contributed by atoms with Crippen LogP contribution in [0.3, 0.4) is 0 Å². The maximum Gasteiger partial charge on any atom is 0.416 e. The predicted octanol–water partition coefficient (Wildman–Crippen LogP) is 6.30. The Morgan fingerprint density at radius 1 is 1.14 bits per heavy atom. The fourth-order valence-corrected chi connectivity index (χ4v) is 5.27. The van der Waals surface area contributed by atoms with E-state index < -0.39 is 20.1 Å². The normalized spacial score (nSPS) is 26.2. The summed E-state index contributed by atoms with van der Waals surface area (Å²) in [6.45, 7) is 15.4. The highest BCUT2D eigenvalue weighted by atomic mass is 28.4. The molecular weight excluding hydrogens is 379 g/mol. The number of nitrogens with zero attached hydrogens (tertiary/aromatic N) is 1. The average molecular weight is 414 g/mol. The number of halogens is 3. The Hall–Kier alpha value is -0.853. The molecule has 0 amide bonds. The Morgan fingerprint density at radius 2 is 1.79 bits per heavy atom. The number of hydrogen-bond donors (Lipinski definition) is 0. The van der Waals surface area contributed by atoms with Crippen LogP contribution in [0.4, 0.5) is 13.2 Å². The van der Waals surface area contributed by atoms with Gasteiger partial charge in [-0.1, -0.05) is 32.9 Å². The zero-order valence-corrected chi connectivity index (χ0v) is 18.8. The standard InChI is InChI=1S/C22H34F3NOSi/c1-20(2,3)28(4,5)27-14-6-12-26-13-11-21(16-26)15-19(21)17-7-9-18(10-8-17)22(23,24)25/h7-10,19H,6,11-16H2,1-5H3/t19-,21-/m0/s1. The largest absolute Gasteiger partial charge is 0.417 e. The smallest absolute Gasteiger partial charge is 0.416 e. The van der Waals surface area contributed by atoms with Crippen molar-refractivity contribution in [2.24, 2.45) is 5.41 Å². The first kappa shape index (κ1) is 21.8. The van der Waals surface area contributed by atoms with Crippen molar-refractivity contribution in [1.82, 2.24) is 4.90 Å². The first-order chi connectivity index (χ1) is 12.8. The fraction of sp³-hybridized carbons (Fsp3) is 0.727. The van der Waals surface area contributed by atoms with Gasteiger partial charge in [-0.2, -0.15) is 13.2 Å². The minimum absolute atomic E-state index is 0.244. The number of alkyl halides is 3. The predicted molar refractivity (Wildman–Crippen MR) is 110 cm³/mol. The Balaban J connectivity index is 1.45. The van der Waals surface area contributed by atoms with E-state index in [1.165, 1.54) is 12.1 Å². The molecule has 2 atom stereocenters. The van der Waals surface area contributed by atoms with Gasteiger partial charge < -0.3 is 9.33 Å². The third-order valence-corrected chi connectivity index (χ3v) is 11.7. The van der Waals surface area contributed by atoms with Gasteiger partial charge in [0.1, 0.15) is 0 Å². The first-order valence-corrected chi connectivity index (χ1v) is 13.3. The zero-order chi connectivity index (χ0) is 20.8. The Bertz CT molecular complexity index is 681. The third-order valence-electron chi connectivity index (χ3n) is 7.18. The van der Waals surface area contributed by atoms with Crippen LogP contribution in [0.25, 0.3) is 0 Å². The van der Waals surface area contributed by atoms with Crippen LogP contribution in [0.2, 0.25) is 18.1 Å². The number of rotatable bonds is 6. The van der Waals surface area contributed by atoms with Gasteiger partial charge in [0.05, 0.1) is 5.56 Å². The molecule has 3 rings (SSSR count). The van der Waals surface area contributed by atoms with Crippen LogP contribution in [-0.4, -0.2) is 39.5 Å². The monoisotopic (exact) mass is 413 g/mol. The molecule has 2 nitrogen and oxygen atoms in total. The lowest BCUT2D eigenvalue weighted by molar-refractivity contribution is -0.137. The highest BCUT2D eigenvalue weighted by Gasteiger charge is 2.57. The Kier molecular flexibility index (Phi) is 5.80. The second kappa shape index (κ2) is 7.44. The van der Waals surface area contributed by atoms with Crippen LogP contribution in [0, 0.1) is 5.41 Å². The quantitative estimate of drug-likeness (QED) is 0.401. The molecule has 0 aromatic heterocycles. The van der Waals surface area contributed by atoms with Crippen LogP contribution >= 0.6 is 0 Å². The molecule has 0 unspecified atom stereocenters. The van der Waals surface area contributed by atoms with Crippen LogP contribution in [0.15, 0.2) is 24.3 Å². The topological polar surface area (TPSA) is 12.5 Å². The Labute approximate surface area is 168 Å². The van der Waals surface area contributed by atoms with Gasteiger partial charge in [0, 0.05) is 19.7 Å². The summed E-state index contributed by atoms with van der Waals surface area (Å²) in [5.74, 6) is 0.420. The van der Waals surface area contributed by atoms with Gasteiger partial charge in [0.25, 0.3) is 0 Å². The summed E-state index contributed by atoms with van der Waals surface area (Å²) in [6, 6.07) is 5.81. The van der Waals surface area contributed by atoms with Gasteiger partial charge in [-0.3, -0.25) is 0 Å². The van der Waals surface area contributed by atoms with Gasteiger partial charge in [0.15, 0.2) is 8.32 Å². The van der Waals surface area contributed by atoms with Crippen molar-refractivity contribution >= 4 is 8.32 Å². The molecule has 1 saturated carbocycles. The van der Waals surface area contributed by atoms with Crippen LogP contribution in [0.1, 0.15) is 57.1 Å². The molecule has 1 aliphatic carbocycles. The van der Waals surface area contributed by atoms with Crippen molar-refractivity contribution in [3.8, 4) is 0 Å². The highest BCUT2D eigenvalue weighted by Crippen LogP contribution is 2.64. The molecule has 0 radical (unpaired) electrons. The minimum Gasteiger partial charge on any atom is -0.417 e. The molecule has 0 N–H and O–H groups in total. The second-order valence-corrected chi connectivity index (χ2v) is 15.0. The molecule has 28 heavy (non-hydrogen) atoms. The maximum absolute atomic E-state index is 12.8. The highest BCUT2D eigenvalue weighted by molar-refractivity contribution is 6.74. The molecule has 2 fully saturated rings. The molecule has 6 heteroatoms. The average Bonchev–Trinajstić information content (AvgIpc) is 3.12. The summed E-state index contributed by atoms with van der Waals surface area (Å²) in [4.78, 5) is 2.51. The fourth-order valence-electron chi connectivity index (χ4n) is 4.18.